The van der Waals surface area contributed by atoms with Gasteiger partial charge in [-0.25, -0.2) is 0 Å². The van der Waals surface area contributed by atoms with Gasteiger partial charge in [0, 0.05) is 24.9 Å². The van der Waals surface area contributed by atoms with Crippen LogP contribution in [0.2, 0.25) is 0 Å². The summed E-state index contributed by atoms with van der Waals surface area (Å²) >= 11 is 0. The summed E-state index contributed by atoms with van der Waals surface area (Å²) in [7, 11) is 1.94. The number of amides is 1. The summed E-state index contributed by atoms with van der Waals surface area (Å²) in [6.45, 7) is 4.09. The van der Waals surface area contributed by atoms with Crippen molar-refractivity contribution in [1.82, 2.24) is 10.2 Å². The van der Waals surface area contributed by atoms with Crippen LogP contribution in [0.15, 0.2) is 30.3 Å². The maximum atomic E-state index is 12.5. The summed E-state index contributed by atoms with van der Waals surface area (Å²) in [6, 6.07) is 11.1. The lowest BCUT2D eigenvalue weighted by Gasteiger charge is -2.32. The minimum atomic E-state index is 0. The molecule has 4 heteroatoms. The molecule has 2 rings (SSSR count). The molecule has 1 aliphatic rings. The van der Waals surface area contributed by atoms with E-state index in [1.807, 2.05) is 7.05 Å². The molecule has 0 aromatic heterocycles. The minimum Gasteiger partial charge on any atom is -0.339 e. The lowest BCUT2D eigenvalue weighted by atomic mass is 9.87. The van der Waals surface area contributed by atoms with Crippen LogP contribution in [-0.2, 0) is 4.79 Å². The first-order valence-corrected chi connectivity index (χ1v) is 8.27. The van der Waals surface area contributed by atoms with E-state index in [0.29, 0.717) is 24.3 Å². The van der Waals surface area contributed by atoms with Crippen LogP contribution in [0.5, 0.6) is 0 Å². The predicted molar refractivity (Wildman–Crippen MR) is 94.6 cm³/mol. The zero-order valence-electron chi connectivity index (χ0n) is 13.8. The molecular weight excluding hydrogens is 296 g/mol. The number of rotatable bonds is 7. The van der Waals surface area contributed by atoms with E-state index in [1.54, 1.807) is 0 Å². The van der Waals surface area contributed by atoms with Crippen molar-refractivity contribution >= 4 is 18.3 Å². The fraction of sp³-hybridized carbons (Fsp3) is 0.611. The maximum absolute atomic E-state index is 12.5. The Hall–Kier alpha value is -1.06. The quantitative estimate of drug-likeness (QED) is 0.777. The largest absolute Gasteiger partial charge is 0.339 e. The van der Waals surface area contributed by atoms with E-state index in [-0.39, 0.29) is 12.4 Å². The fourth-order valence-electron chi connectivity index (χ4n) is 3.51. The summed E-state index contributed by atoms with van der Waals surface area (Å²) < 4.78 is 0. The van der Waals surface area contributed by atoms with Gasteiger partial charge in [0.1, 0.15) is 0 Å². The molecule has 0 spiro atoms. The van der Waals surface area contributed by atoms with Crippen LogP contribution < -0.4 is 5.32 Å². The van der Waals surface area contributed by atoms with Gasteiger partial charge in [0.15, 0.2) is 0 Å². The molecule has 0 saturated carbocycles. The minimum absolute atomic E-state index is 0. The van der Waals surface area contributed by atoms with Crippen molar-refractivity contribution in [2.24, 2.45) is 0 Å². The van der Waals surface area contributed by atoms with Crippen LogP contribution in [-0.4, -0.2) is 37.0 Å². The molecule has 1 saturated heterocycles. The van der Waals surface area contributed by atoms with Crippen LogP contribution in [0, 0.1) is 0 Å². The Bertz CT molecular complexity index is 438. The van der Waals surface area contributed by atoms with Crippen molar-refractivity contribution < 1.29 is 4.79 Å². The van der Waals surface area contributed by atoms with Crippen LogP contribution in [0.25, 0.3) is 0 Å². The second kappa shape index (κ2) is 9.86. The van der Waals surface area contributed by atoms with Crippen LogP contribution >= 0.6 is 12.4 Å². The van der Waals surface area contributed by atoms with Gasteiger partial charge in [-0.1, -0.05) is 37.3 Å². The Kier molecular flexibility index (Phi) is 8.51. The number of carbonyl (C=O) groups excluding carboxylic acids is 1. The van der Waals surface area contributed by atoms with E-state index in [1.165, 1.54) is 5.56 Å². The fourth-order valence-corrected chi connectivity index (χ4v) is 3.51. The molecule has 0 bridgehead atoms. The number of hydrogen-bond donors (Lipinski definition) is 1. The first-order valence-electron chi connectivity index (χ1n) is 8.27. The number of nitrogens with one attached hydrogen (secondary N) is 1. The monoisotopic (exact) mass is 324 g/mol. The Labute approximate surface area is 140 Å². The number of benzene rings is 1. The lowest BCUT2D eigenvalue weighted by Crippen LogP contribution is -2.39. The number of hydrogen-bond acceptors (Lipinski definition) is 2. The SMILES string of the molecule is CCC(c1ccccc1)C1CCCN1C(=O)CCCNC.Cl. The third kappa shape index (κ3) is 4.72. The Morgan fingerprint density at radius 3 is 2.73 bits per heavy atom. The molecule has 1 aromatic carbocycles. The van der Waals surface area contributed by atoms with Crippen LogP contribution in [0.4, 0.5) is 0 Å². The average molecular weight is 325 g/mol. The Morgan fingerprint density at radius 1 is 1.36 bits per heavy atom. The Balaban J connectivity index is 0.00000242. The molecular formula is C18H29ClN2O. The summed E-state index contributed by atoms with van der Waals surface area (Å²) in [5.41, 5.74) is 1.37. The zero-order valence-corrected chi connectivity index (χ0v) is 14.6. The first kappa shape index (κ1) is 19.0. The van der Waals surface area contributed by atoms with Crippen LogP contribution in [0.3, 0.4) is 0 Å². The third-order valence-electron chi connectivity index (χ3n) is 4.57. The van der Waals surface area contributed by atoms with E-state index in [0.717, 1.165) is 38.8 Å². The number of halogens is 1. The molecule has 22 heavy (non-hydrogen) atoms. The van der Waals surface area contributed by atoms with Gasteiger partial charge in [-0.05, 0) is 44.8 Å². The van der Waals surface area contributed by atoms with Gasteiger partial charge in [-0.2, -0.15) is 0 Å². The molecule has 2 atom stereocenters. The highest BCUT2D eigenvalue weighted by molar-refractivity contribution is 5.85. The highest BCUT2D eigenvalue weighted by Crippen LogP contribution is 2.33. The van der Waals surface area contributed by atoms with Gasteiger partial charge < -0.3 is 10.2 Å². The summed E-state index contributed by atoms with van der Waals surface area (Å²) in [5.74, 6) is 0.809. The predicted octanol–water partition coefficient (Wildman–Crippen LogP) is 3.59. The smallest absolute Gasteiger partial charge is 0.222 e. The normalized spacial score (nSPS) is 18.8. The number of nitrogens with zero attached hydrogens (tertiary/aromatic N) is 1. The van der Waals surface area contributed by atoms with Crippen molar-refractivity contribution in [2.75, 3.05) is 20.1 Å². The molecule has 1 aliphatic heterocycles. The summed E-state index contributed by atoms with van der Waals surface area (Å²) in [4.78, 5) is 14.6. The Morgan fingerprint density at radius 2 is 2.09 bits per heavy atom. The van der Waals surface area contributed by atoms with Crippen molar-refractivity contribution in [3.05, 3.63) is 35.9 Å². The molecule has 1 heterocycles. The summed E-state index contributed by atoms with van der Waals surface area (Å²) in [6.07, 6.45) is 4.98. The highest BCUT2D eigenvalue weighted by atomic mass is 35.5. The van der Waals surface area contributed by atoms with E-state index in [9.17, 15) is 4.79 Å². The first-order chi connectivity index (χ1) is 10.3. The van der Waals surface area contributed by atoms with Crippen LogP contribution in [0.1, 0.15) is 50.5 Å². The summed E-state index contributed by atoms with van der Waals surface area (Å²) in [5, 5.41) is 3.11. The number of carbonyl (C=O) groups is 1. The van der Waals surface area contributed by atoms with Crippen molar-refractivity contribution in [3.63, 3.8) is 0 Å². The molecule has 0 aliphatic carbocycles. The molecule has 1 aromatic rings. The van der Waals surface area contributed by atoms with Gasteiger partial charge in [-0.15, -0.1) is 12.4 Å². The standard InChI is InChI=1S/C18H28N2O.ClH/c1-3-16(15-9-5-4-6-10-15)17-11-8-14-20(17)18(21)12-7-13-19-2;/h4-6,9-10,16-17,19H,3,7-8,11-14H2,1-2H3;1H. The van der Waals surface area contributed by atoms with E-state index < -0.39 is 0 Å². The van der Waals surface area contributed by atoms with Gasteiger partial charge in [0.05, 0.1) is 0 Å². The molecule has 2 unspecified atom stereocenters. The molecule has 1 N–H and O–H groups in total. The van der Waals surface area contributed by atoms with Gasteiger partial charge in [0.25, 0.3) is 0 Å². The highest BCUT2D eigenvalue weighted by Gasteiger charge is 2.34. The van der Waals surface area contributed by atoms with Crippen molar-refractivity contribution in [1.29, 1.82) is 0 Å². The molecule has 1 fully saturated rings. The van der Waals surface area contributed by atoms with E-state index in [4.69, 9.17) is 0 Å². The van der Waals surface area contributed by atoms with Crippen molar-refractivity contribution in [3.8, 4) is 0 Å². The van der Waals surface area contributed by atoms with E-state index in [2.05, 4.69) is 47.5 Å². The van der Waals surface area contributed by atoms with Gasteiger partial charge in [-0.3, -0.25) is 4.79 Å². The molecule has 124 valence electrons. The van der Waals surface area contributed by atoms with Gasteiger partial charge >= 0.3 is 0 Å². The van der Waals surface area contributed by atoms with E-state index >= 15 is 0 Å². The average Bonchev–Trinajstić information content (AvgIpc) is 2.99. The van der Waals surface area contributed by atoms with Gasteiger partial charge in [0.2, 0.25) is 5.91 Å². The molecule has 0 radical (unpaired) electrons. The second-order valence-corrected chi connectivity index (χ2v) is 5.93. The van der Waals surface area contributed by atoms with Crippen molar-refractivity contribution in [2.45, 2.75) is 51.0 Å². The molecule has 1 amide bonds. The number of likely N-dealkylation sites (tertiary alicyclic amines) is 1. The maximum Gasteiger partial charge on any atom is 0.222 e. The third-order valence-corrected chi connectivity index (χ3v) is 4.57. The lowest BCUT2D eigenvalue weighted by molar-refractivity contribution is -0.132. The second-order valence-electron chi connectivity index (χ2n) is 5.93. The molecule has 3 nitrogen and oxygen atoms in total. The zero-order chi connectivity index (χ0) is 15.1. The topological polar surface area (TPSA) is 32.3 Å².